The number of hydrogen-bond donors (Lipinski definition) is 1. The van der Waals surface area contributed by atoms with Crippen molar-refractivity contribution in [3.05, 3.63) is 29.6 Å². The van der Waals surface area contributed by atoms with Crippen molar-refractivity contribution in [1.82, 2.24) is 9.62 Å². The quantitative estimate of drug-likeness (QED) is 0.877. The lowest BCUT2D eigenvalue weighted by atomic mass is 10.0. The molecule has 0 heterocycles. The molecule has 0 aromatic heterocycles. The van der Waals surface area contributed by atoms with E-state index in [2.05, 4.69) is 5.32 Å². The summed E-state index contributed by atoms with van der Waals surface area (Å²) in [5.41, 5.74) is 0.0369. The highest BCUT2D eigenvalue weighted by atomic mass is 32.2. The molecule has 4 nitrogen and oxygen atoms in total. The predicted molar refractivity (Wildman–Crippen MR) is 78.5 cm³/mol. The topological polar surface area (TPSA) is 49.4 Å². The largest absolute Gasteiger partial charge is 0.316 e. The van der Waals surface area contributed by atoms with Crippen LogP contribution in [-0.4, -0.2) is 32.4 Å². The molecule has 1 aromatic rings. The average molecular weight is 302 g/mol. The van der Waals surface area contributed by atoms with Gasteiger partial charge in [0.25, 0.3) is 0 Å². The highest BCUT2D eigenvalue weighted by molar-refractivity contribution is 7.89. The summed E-state index contributed by atoms with van der Waals surface area (Å²) in [5.74, 6) is -0.550. The van der Waals surface area contributed by atoms with Crippen LogP contribution in [0.5, 0.6) is 0 Å². The minimum atomic E-state index is -3.73. The molecule has 0 fully saturated rings. The molecule has 0 saturated carbocycles. The molecular formula is C14H23FN2O2S. The summed E-state index contributed by atoms with van der Waals surface area (Å²) >= 11 is 0. The minimum Gasteiger partial charge on any atom is -0.316 e. The van der Waals surface area contributed by atoms with Gasteiger partial charge in [0.1, 0.15) is 5.82 Å². The molecule has 1 rings (SSSR count). The van der Waals surface area contributed by atoms with E-state index in [0.717, 1.165) is 6.07 Å². The summed E-state index contributed by atoms with van der Waals surface area (Å²) in [5, 5.41) is 2.90. The molecule has 0 amide bonds. The monoisotopic (exact) mass is 302 g/mol. The number of halogens is 1. The van der Waals surface area contributed by atoms with Gasteiger partial charge in [-0.3, -0.25) is 0 Å². The Morgan fingerprint density at radius 2 is 1.95 bits per heavy atom. The molecule has 114 valence electrons. The summed E-state index contributed by atoms with van der Waals surface area (Å²) in [6.45, 7) is 5.99. The molecule has 1 N–H and O–H groups in total. The van der Waals surface area contributed by atoms with E-state index in [1.807, 2.05) is 20.8 Å². The van der Waals surface area contributed by atoms with Crippen molar-refractivity contribution in [3.8, 4) is 0 Å². The molecule has 0 spiro atoms. The first-order chi connectivity index (χ1) is 9.16. The Morgan fingerprint density at radius 1 is 1.35 bits per heavy atom. The van der Waals surface area contributed by atoms with E-state index in [1.165, 1.54) is 23.5 Å². The van der Waals surface area contributed by atoms with Gasteiger partial charge in [-0.1, -0.05) is 13.0 Å². The standard InChI is InChI=1S/C14H23FN2O2S/c1-6-14(2,3)17(5)20(18,19)13-9-12(15)8-7-11(13)10-16-4/h7-9,16H,6,10H2,1-5H3. The molecule has 0 saturated heterocycles. The molecule has 20 heavy (non-hydrogen) atoms. The van der Waals surface area contributed by atoms with Crippen LogP contribution in [-0.2, 0) is 16.6 Å². The van der Waals surface area contributed by atoms with Gasteiger partial charge in [0.05, 0.1) is 4.90 Å². The van der Waals surface area contributed by atoms with Crippen LogP contribution in [0.4, 0.5) is 4.39 Å². The van der Waals surface area contributed by atoms with E-state index in [1.54, 1.807) is 7.05 Å². The molecule has 0 aliphatic rings. The molecule has 0 bridgehead atoms. The zero-order chi connectivity index (χ0) is 15.6. The molecular weight excluding hydrogens is 279 g/mol. The van der Waals surface area contributed by atoms with Crippen molar-refractivity contribution in [2.45, 2.75) is 44.2 Å². The molecule has 0 aliphatic carbocycles. The zero-order valence-corrected chi connectivity index (χ0v) is 13.5. The Hall–Kier alpha value is -0.980. The number of nitrogens with zero attached hydrogens (tertiary/aromatic N) is 1. The number of rotatable bonds is 6. The number of nitrogens with one attached hydrogen (secondary N) is 1. The maximum Gasteiger partial charge on any atom is 0.243 e. The van der Waals surface area contributed by atoms with Crippen molar-refractivity contribution < 1.29 is 12.8 Å². The molecule has 1 aromatic carbocycles. The van der Waals surface area contributed by atoms with E-state index in [-0.39, 0.29) is 4.90 Å². The summed E-state index contributed by atoms with van der Waals surface area (Å²) in [4.78, 5) is 0.0240. The van der Waals surface area contributed by atoms with Gasteiger partial charge in [-0.2, -0.15) is 4.31 Å². The van der Waals surface area contributed by atoms with Gasteiger partial charge in [0.2, 0.25) is 10.0 Å². The fraction of sp³-hybridized carbons (Fsp3) is 0.571. The normalized spacial score (nSPS) is 12.9. The Morgan fingerprint density at radius 3 is 2.45 bits per heavy atom. The first-order valence-electron chi connectivity index (χ1n) is 6.59. The summed E-state index contributed by atoms with van der Waals surface area (Å²) in [6, 6.07) is 3.87. The maximum absolute atomic E-state index is 13.5. The second kappa shape index (κ2) is 6.20. The van der Waals surface area contributed by atoms with Gasteiger partial charge in [-0.25, -0.2) is 12.8 Å². The number of benzene rings is 1. The van der Waals surface area contributed by atoms with Crippen LogP contribution >= 0.6 is 0 Å². The fourth-order valence-electron chi connectivity index (χ4n) is 1.80. The van der Waals surface area contributed by atoms with Crippen LogP contribution in [0.1, 0.15) is 32.8 Å². The van der Waals surface area contributed by atoms with E-state index < -0.39 is 21.4 Å². The predicted octanol–water partition coefficient (Wildman–Crippen LogP) is 2.35. The van der Waals surface area contributed by atoms with Crippen molar-refractivity contribution >= 4 is 10.0 Å². The molecule has 6 heteroatoms. The van der Waals surface area contributed by atoms with E-state index in [9.17, 15) is 12.8 Å². The van der Waals surface area contributed by atoms with Crippen LogP contribution in [0.3, 0.4) is 0 Å². The van der Waals surface area contributed by atoms with Crippen molar-refractivity contribution in [3.63, 3.8) is 0 Å². The molecule has 0 atom stereocenters. The van der Waals surface area contributed by atoms with Gasteiger partial charge in [-0.15, -0.1) is 0 Å². The third-order valence-electron chi connectivity index (χ3n) is 3.75. The highest BCUT2D eigenvalue weighted by Crippen LogP contribution is 2.27. The smallest absolute Gasteiger partial charge is 0.243 e. The number of hydrogen-bond acceptors (Lipinski definition) is 3. The lowest BCUT2D eigenvalue weighted by Crippen LogP contribution is -2.44. The second-order valence-corrected chi connectivity index (χ2v) is 7.36. The van der Waals surface area contributed by atoms with Crippen LogP contribution in [0, 0.1) is 5.82 Å². The van der Waals surface area contributed by atoms with Gasteiger partial charge in [0.15, 0.2) is 0 Å². The molecule has 0 aliphatic heterocycles. The second-order valence-electron chi connectivity index (χ2n) is 5.42. The third-order valence-corrected chi connectivity index (χ3v) is 5.90. The van der Waals surface area contributed by atoms with E-state index >= 15 is 0 Å². The van der Waals surface area contributed by atoms with Crippen LogP contribution in [0.25, 0.3) is 0 Å². The Kier molecular flexibility index (Phi) is 5.29. The highest BCUT2D eigenvalue weighted by Gasteiger charge is 2.34. The lowest BCUT2D eigenvalue weighted by molar-refractivity contribution is 0.257. The van der Waals surface area contributed by atoms with Gasteiger partial charge in [-0.05, 0) is 45.0 Å². The zero-order valence-electron chi connectivity index (χ0n) is 12.7. The van der Waals surface area contributed by atoms with Crippen LogP contribution in [0.15, 0.2) is 23.1 Å². The molecule has 0 unspecified atom stereocenters. The van der Waals surface area contributed by atoms with E-state index in [4.69, 9.17) is 0 Å². The van der Waals surface area contributed by atoms with Crippen molar-refractivity contribution in [1.29, 1.82) is 0 Å². The molecule has 0 radical (unpaired) electrons. The third kappa shape index (κ3) is 3.37. The first kappa shape index (κ1) is 17.1. The Labute approximate surface area is 121 Å². The lowest BCUT2D eigenvalue weighted by Gasteiger charge is -2.34. The van der Waals surface area contributed by atoms with E-state index in [0.29, 0.717) is 18.5 Å². The number of sulfonamides is 1. The summed E-state index contributed by atoms with van der Waals surface area (Å²) in [7, 11) is -0.474. The fourth-order valence-corrected chi connectivity index (χ4v) is 3.61. The van der Waals surface area contributed by atoms with Gasteiger partial charge in [0, 0.05) is 19.1 Å². The van der Waals surface area contributed by atoms with Gasteiger partial charge < -0.3 is 5.32 Å². The van der Waals surface area contributed by atoms with Crippen LogP contribution in [0.2, 0.25) is 0 Å². The van der Waals surface area contributed by atoms with Crippen molar-refractivity contribution in [2.75, 3.05) is 14.1 Å². The SMILES string of the molecule is CCC(C)(C)N(C)S(=O)(=O)c1cc(F)ccc1CNC. The summed E-state index contributed by atoms with van der Waals surface area (Å²) in [6.07, 6.45) is 0.666. The average Bonchev–Trinajstić information content (AvgIpc) is 2.40. The minimum absolute atomic E-state index is 0.0240. The van der Waals surface area contributed by atoms with Gasteiger partial charge >= 0.3 is 0 Å². The van der Waals surface area contributed by atoms with Crippen molar-refractivity contribution in [2.24, 2.45) is 0 Å². The Balaban J connectivity index is 3.38. The Bertz CT molecular complexity index is 571. The van der Waals surface area contributed by atoms with Crippen LogP contribution < -0.4 is 5.32 Å². The maximum atomic E-state index is 13.5. The first-order valence-corrected chi connectivity index (χ1v) is 8.03. The summed E-state index contributed by atoms with van der Waals surface area (Å²) < 4.78 is 40.2.